The van der Waals surface area contributed by atoms with Crippen molar-refractivity contribution < 1.29 is 8.78 Å². The third-order valence-electron chi connectivity index (χ3n) is 7.37. The van der Waals surface area contributed by atoms with Crippen LogP contribution in [0.15, 0.2) is 36.4 Å². The number of rotatable bonds is 9. The van der Waals surface area contributed by atoms with Gasteiger partial charge in [0.1, 0.15) is 0 Å². The first-order valence-electron chi connectivity index (χ1n) is 13.2. The molecule has 4 aromatic heterocycles. The number of halogens is 4. The average molecular weight is 601 g/mol. The lowest BCUT2D eigenvalue weighted by Crippen LogP contribution is -2.42. The molecule has 214 valence electrons. The number of pyridine rings is 2. The summed E-state index contributed by atoms with van der Waals surface area (Å²) in [6, 6.07) is 9.65. The van der Waals surface area contributed by atoms with Gasteiger partial charge in [-0.3, -0.25) is 4.90 Å². The molecule has 1 aliphatic rings. The summed E-state index contributed by atoms with van der Waals surface area (Å²) in [5, 5.41) is 4.60. The highest BCUT2D eigenvalue weighted by molar-refractivity contribution is 6.36. The molecule has 0 saturated heterocycles. The van der Waals surface area contributed by atoms with E-state index in [2.05, 4.69) is 40.1 Å². The molecule has 14 heteroatoms. The zero-order valence-electron chi connectivity index (χ0n) is 22.4. The van der Waals surface area contributed by atoms with Crippen molar-refractivity contribution in [1.82, 2.24) is 34.8 Å². The van der Waals surface area contributed by atoms with Crippen molar-refractivity contribution in [2.75, 3.05) is 61.9 Å². The third-order valence-corrected chi connectivity index (χ3v) is 7.89. The van der Waals surface area contributed by atoms with Gasteiger partial charge in [-0.25, -0.2) is 0 Å². The van der Waals surface area contributed by atoms with Crippen LogP contribution in [0.4, 0.5) is 26.4 Å². The number of nitrogens with one attached hydrogen (secondary N) is 3. The SMILES string of the molecule is CN(CCN(CCN(C)c1nc2nc(F)ccc2[nH]1)C1CCNc2c(Cl)cc(Cl)cc21)c1nc2nc(F)ccc2[nH]1. The van der Waals surface area contributed by atoms with Crippen LogP contribution in [-0.2, 0) is 0 Å². The Hall–Kier alpha value is -3.74. The van der Waals surface area contributed by atoms with E-state index in [1.54, 1.807) is 18.2 Å². The van der Waals surface area contributed by atoms with E-state index in [0.717, 1.165) is 24.2 Å². The van der Waals surface area contributed by atoms with E-state index < -0.39 is 11.9 Å². The maximum absolute atomic E-state index is 13.6. The number of benzene rings is 1. The number of hydrogen-bond acceptors (Lipinski definition) is 8. The zero-order chi connectivity index (χ0) is 28.7. The second kappa shape index (κ2) is 11.3. The van der Waals surface area contributed by atoms with E-state index in [1.165, 1.54) is 12.1 Å². The quantitative estimate of drug-likeness (QED) is 0.197. The molecule has 1 atom stereocenters. The van der Waals surface area contributed by atoms with Crippen LogP contribution < -0.4 is 15.1 Å². The predicted molar refractivity (Wildman–Crippen MR) is 158 cm³/mol. The largest absolute Gasteiger partial charge is 0.383 e. The van der Waals surface area contributed by atoms with Crippen LogP contribution >= 0.6 is 23.2 Å². The molecule has 0 amide bonds. The monoisotopic (exact) mass is 600 g/mol. The summed E-state index contributed by atoms with van der Waals surface area (Å²) in [6.45, 7) is 3.40. The summed E-state index contributed by atoms with van der Waals surface area (Å²) in [6.07, 6.45) is 0.860. The molecule has 5 heterocycles. The fraction of sp³-hybridized carbons (Fsp3) is 0.333. The van der Waals surface area contributed by atoms with Gasteiger partial charge in [0, 0.05) is 57.9 Å². The number of aromatic nitrogens is 6. The number of aromatic amines is 2. The second-order valence-corrected chi connectivity index (χ2v) is 10.9. The molecular formula is C27H28Cl2F2N10. The van der Waals surface area contributed by atoms with E-state index in [-0.39, 0.29) is 6.04 Å². The molecule has 0 fully saturated rings. The molecule has 1 aliphatic heterocycles. The van der Waals surface area contributed by atoms with Gasteiger partial charge in [-0.05, 0) is 48.4 Å². The van der Waals surface area contributed by atoms with Crippen LogP contribution in [0.5, 0.6) is 0 Å². The zero-order valence-corrected chi connectivity index (χ0v) is 23.9. The lowest BCUT2D eigenvalue weighted by Gasteiger charge is -2.38. The van der Waals surface area contributed by atoms with Crippen LogP contribution in [0.2, 0.25) is 10.0 Å². The second-order valence-electron chi connectivity index (χ2n) is 10.1. The molecule has 41 heavy (non-hydrogen) atoms. The normalized spacial score (nSPS) is 15.0. The van der Waals surface area contributed by atoms with Crippen molar-refractivity contribution >= 4 is 63.1 Å². The van der Waals surface area contributed by atoms with Crippen molar-refractivity contribution in [3.63, 3.8) is 0 Å². The van der Waals surface area contributed by atoms with Crippen LogP contribution in [0, 0.1) is 11.9 Å². The Balaban J connectivity index is 1.23. The Kier molecular flexibility index (Phi) is 7.54. The number of nitrogens with zero attached hydrogens (tertiary/aromatic N) is 7. The molecule has 6 rings (SSSR count). The molecule has 0 saturated carbocycles. The molecule has 3 N–H and O–H groups in total. The summed E-state index contributed by atoms with van der Waals surface area (Å²) in [5.41, 5.74) is 3.96. The van der Waals surface area contributed by atoms with E-state index >= 15 is 0 Å². The topological polar surface area (TPSA) is 105 Å². The molecule has 10 nitrogen and oxygen atoms in total. The van der Waals surface area contributed by atoms with Gasteiger partial charge in [0.25, 0.3) is 0 Å². The van der Waals surface area contributed by atoms with Gasteiger partial charge in [-0.2, -0.15) is 28.7 Å². The van der Waals surface area contributed by atoms with Crippen LogP contribution in [0.25, 0.3) is 22.3 Å². The van der Waals surface area contributed by atoms with E-state index in [0.29, 0.717) is 70.4 Å². The minimum Gasteiger partial charge on any atom is -0.383 e. The van der Waals surface area contributed by atoms with Crippen LogP contribution in [0.3, 0.4) is 0 Å². The Bertz CT molecular complexity index is 1620. The molecule has 1 unspecified atom stereocenters. The van der Waals surface area contributed by atoms with Gasteiger partial charge in [-0.1, -0.05) is 23.2 Å². The minimum absolute atomic E-state index is 0.0575. The van der Waals surface area contributed by atoms with Crippen molar-refractivity contribution in [3.8, 4) is 0 Å². The van der Waals surface area contributed by atoms with Gasteiger partial charge in [0.2, 0.25) is 23.8 Å². The highest BCUT2D eigenvalue weighted by Gasteiger charge is 2.28. The van der Waals surface area contributed by atoms with E-state index in [9.17, 15) is 8.78 Å². The Morgan fingerprint density at radius 1 is 0.805 bits per heavy atom. The number of anilines is 3. The number of H-pyrrole nitrogens is 2. The molecule has 0 aliphatic carbocycles. The summed E-state index contributed by atoms with van der Waals surface area (Å²) in [5.74, 6) is 0.0736. The Morgan fingerprint density at radius 3 is 1.93 bits per heavy atom. The highest BCUT2D eigenvalue weighted by atomic mass is 35.5. The van der Waals surface area contributed by atoms with Gasteiger partial charge < -0.3 is 25.1 Å². The number of fused-ring (bicyclic) bond motifs is 3. The first-order chi connectivity index (χ1) is 19.7. The maximum Gasteiger partial charge on any atom is 0.215 e. The molecule has 0 bridgehead atoms. The fourth-order valence-corrected chi connectivity index (χ4v) is 5.75. The van der Waals surface area contributed by atoms with E-state index in [1.807, 2.05) is 30.0 Å². The van der Waals surface area contributed by atoms with Gasteiger partial charge in [-0.15, -0.1) is 0 Å². The first-order valence-corrected chi connectivity index (χ1v) is 13.9. The molecule has 0 radical (unpaired) electrons. The summed E-state index contributed by atoms with van der Waals surface area (Å²) >= 11 is 13.0. The molecule has 5 aromatic rings. The van der Waals surface area contributed by atoms with E-state index in [4.69, 9.17) is 23.2 Å². The lowest BCUT2D eigenvalue weighted by molar-refractivity contribution is 0.197. The fourth-order valence-electron chi connectivity index (χ4n) is 5.18. The van der Waals surface area contributed by atoms with Crippen molar-refractivity contribution in [1.29, 1.82) is 0 Å². The standard InChI is InChI=1S/C27H28Cl2F2N10/c1-39(26-33-18-3-5-21(30)35-24(18)37-26)9-11-41(20-7-8-32-23-16(20)13-15(28)14-17(23)29)12-10-40(2)27-34-19-4-6-22(31)36-25(19)38-27/h3-6,13-14,20,32H,7-12H2,1-2H3,(H,33,35,37)(H,34,36,38). The van der Waals surface area contributed by atoms with Crippen molar-refractivity contribution in [2.24, 2.45) is 0 Å². The lowest BCUT2D eigenvalue weighted by atomic mass is 9.96. The van der Waals surface area contributed by atoms with Gasteiger partial charge >= 0.3 is 0 Å². The van der Waals surface area contributed by atoms with Gasteiger partial charge in [0.15, 0.2) is 11.3 Å². The minimum atomic E-state index is -0.569. The Labute approximate surface area is 244 Å². The van der Waals surface area contributed by atoms with Crippen molar-refractivity contribution in [2.45, 2.75) is 12.5 Å². The molecule has 1 aromatic carbocycles. The average Bonchev–Trinajstić information content (AvgIpc) is 3.56. The summed E-state index contributed by atoms with van der Waals surface area (Å²) in [4.78, 5) is 29.5. The van der Waals surface area contributed by atoms with Crippen LogP contribution in [-0.4, -0.2) is 81.6 Å². The number of likely N-dealkylation sites (N-methyl/N-ethyl adjacent to an activating group) is 2. The third kappa shape index (κ3) is 5.72. The highest BCUT2D eigenvalue weighted by Crippen LogP contribution is 2.40. The molecular weight excluding hydrogens is 573 g/mol. The summed E-state index contributed by atoms with van der Waals surface area (Å²) < 4.78 is 27.2. The summed E-state index contributed by atoms with van der Waals surface area (Å²) in [7, 11) is 3.87. The van der Waals surface area contributed by atoms with Crippen LogP contribution in [0.1, 0.15) is 18.0 Å². The smallest absolute Gasteiger partial charge is 0.215 e. The number of hydrogen-bond donors (Lipinski definition) is 3. The van der Waals surface area contributed by atoms with Crippen molar-refractivity contribution in [3.05, 3.63) is 63.9 Å². The Morgan fingerprint density at radius 2 is 1.37 bits per heavy atom. The van der Waals surface area contributed by atoms with Gasteiger partial charge in [0.05, 0.1) is 21.7 Å². The molecule has 0 spiro atoms. The predicted octanol–water partition coefficient (Wildman–Crippen LogP) is 5.25. The number of imidazole rings is 2. The first kappa shape index (κ1) is 27.4. The maximum atomic E-state index is 13.6.